The van der Waals surface area contributed by atoms with Gasteiger partial charge in [-0.15, -0.1) is 0 Å². The van der Waals surface area contributed by atoms with Crippen molar-refractivity contribution in [3.8, 4) is 5.75 Å². The maximum absolute atomic E-state index is 12.0. The molecule has 0 aliphatic rings. The topological polar surface area (TPSA) is 70.7 Å². The van der Waals surface area contributed by atoms with Crippen molar-refractivity contribution in [3.05, 3.63) is 60.2 Å². The zero-order chi connectivity index (χ0) is 17.4. The zero-order valence-electron chi connectivity index (χ0n) is 13.8. The first kappa shape index (κ1) is 17.3. The smallest absolute Gasteiger partial charge is 0.269 e. The number of anilines is 1. The second-order valence-corrected chi connectivity index (χ2v) is 5.36. The molecule has 0 radical (unpaired) electrons. The highest BCUT2D eigenvalue weighted by Gasteiger charge is 2.08. The van der Waals surface area contributed by atoms with Gasteiger partial charge in [-0.25, -0.2) is 0 Å². The summed E-state index contributed by atoms with van der Waals surface area (Å²) in [5.74, 6) is 0.0221. The number of carbonyl (C=O) groups excluding carboxylic acids is 2. The van der Waals surface area contributed by atoms with Crippen LogP contribution < -0.4 is 20.5 Å². The molecule has 2 N–H and O–H groups in total. The molecule has 0 aliphatic carbocycles. The summed E-state index contributed by atoms with van der Waals surface area (Å²) in [6, 6.07) is 16.4. The van der Waals surface area contributed by atoms with E-state index in [1.54, 1.807) is 18.2 Å². The Bertz CT molecular complexity index is 687. The van der Waals surface area contributed by atoms with Crippen LogP contribution >= 0.6 is 0 Å². The van der Waals surface area contributed by atoms with E-state index in [-0.39, 0.29) is 24.8 Å². The number of benzene rings is 2. The third-order valence-electron chi connectivity index (χ3n) is 3.28. The molecule has 0 unspecified atom stereocenters. The Labute approximate surface area is 141 Å². The maximum Gasteiger partial charge on any atom is 0.269 e. The van der Waals surface area contributed by atoms with E-state index in [1.165, 1.54) is 0 Å². The van der Waals surface area contributed by atoms with Gasteiger partial charge in [0.2, 0.25) is 5.91 Å². The molecule has 0 heterocycles. The summed E-state index contributed by atoms with van der Waals surface area (Å²) in [4.78, 5) is 25.7. The molecule has 0 fully saturated rings. The average molecular weight is 327 g/mol. The van der Waals surface area contributed by atoms with Crippen LogP contribution in [0.1, 0.15) is 16.8 Å². The number of hydrogen-bond donors (Lipinski definition) is 2. The van der Waals surface area contributed by atoms with Gasteiger partial charge in [0.1, 0.15) is 5.75 Å². The summed E-state index contributed by atoms with van der Waals surface area (Å²) in [6.45, 7) is 0.238. The molecule has 0 spiro atoms. The van der Waals surface area contributed by atoms with Crippen LogP contribution in [0.15, 0.2) is 54.6 Å². The van der Waals surface area contributed by atoms with Crippen LogP contribution in [0, 0.1) is 0 Å². The Balaban J connectivity index is 1.75. The minimum Gasteiger partial charge on any atom is -0.493 e. The van der Waals surface area contributed by atoms with Crippen molar-refractivity contribution in [2.45, 2.75) is 6.42 Å². The summed E-state index contributed by atoms with van der Waals surface area (Å²) >= 11 is 0. The molecule has 126 valence electrons. The van der Waals surface area contributed by atoms with Crippen LogP contribution in [0.5, 0.6) is 5.75 Å². The first-order valence-electron chi connectivity index (χ1n) is 7.60. The van der Waals surface area contributed by atoms with Gasteiger partial charge >= 0.3 is 0 Å². The highest BCUT2D eigenvalue weighted by Crippen LogP contribution is 2.13. The second-order valence-electron chi connectivity index (χ2n) is 5.36. The second kappa shape index (κ2) is 8.57. The fourth-order valence-electron chi connectivity index (χ4n) is 1.96. The summed E-state index contributed by atoms with van der Waals surface area (Å²) < 4.78 is 5.43. The van der Waals surface area contributed by atoms with Crippen molar-refractivity contribution in [1.82, 2.24) is 10.9 Å². The first-order chi connectivity index (χ1) is 11.6. The lowest BCUT2D eigenvalue weighted by Gasteiger charge is -2.13. The van der Waals surface area contributed by atoms with Gasteiger partial charge in [-0.3, -0.25) is 20.4 Å². The monoisotopic (exact) mass is 327 g/mol. The van der Waals surface area contributed by atoms with Gasteiger partial charge < -0.3 is 9.64 Å². The molecule has 0 saturated carbocycles. The fraction of sp³-hybridized carbons (Fsp3) is 0.222. The van der Waals surface area contributed by atoms with E-state index in [0.29, 0.717) is 11.3 Å². The largest absolute Gasteiger partial charge is 0.493 e. The molecule has 2 rings (SSSR count). The maximum atomic E-state index is 12.0. The van der Waals surface area contributed by atoms with E-state index in [0.717, 1.165) is 5.69 Å². The lowest BCUT2D eigenvalue weighted by atomic mass is 10.2. The molecule has 0 bridgehead atoms. The number of para-hydroxylation sites is 1. The van der Waals surface area contributed by atoms with Crippen molar-refractivity contribution in [1.29, 1.82) is 0 Å². The summed E-state index contributed by atoms with van der Waals surface area (Å²) in [5.41, 5.74) is 6.17. The lowest BCUT2D eigenvalue weighted by Crippen LogP contribution is -2.42. The summed E-state index contributed by atoms with van der Waals surface area (Å²) in [6.07, 6.45) is 0.146. The Morgan fingerprint density at radius 2 is 1.75 bits per heavy atom. The van der Waals surface area contributed by atoms with Gasteiger partial charge in [0, 0.05) is 25.3 Å². The van der Waals surface area contributed by atoms with Crippen molar-refractivity contribution < 1.29 is 14.3 Å². The first-order valence-corrected chi connectivity index (χ1v) is 7.60. The molecular formula is C18H21N3O3. The molecular weight excluding hydrogens is 306 g/mol. The van der Waals surface area contributed by atoms with Crippen molar-refractivity contribution in [2.75, 3.05) is 25.6 Å². The number of rotatable bonds is 6. The molecule has 2 aromatic carbocycles. The van der Waals surface area contributed by atoms with E-state index in [9.17, 15) is 9.59 Å². The molecule has 0 aromatic heterocycles. The standard InChI is InChI=1S/C18H21N3O3/c1-21(2)15-8-6-7-14(13-15)18(23)20-19-17(22)11-12-24-16-9-4-3-5-10-16/h3-10,13H,11-12H2,1-2H3,(H,19,22)(H,20,23). The SMILES string of the molecule is CN(C)c1cccc(C(=O)NNC(=O)CCOc2ccccc2)c1. The van der Waals surface area contributed by atoms with E-state index in [4.69, 9.17) is 4.74 Å². The Kier molecular flexibility index (Phi) is 6.19. The molecule has 24 heavy (non-hydrogen) atoms. The molecule has 2 amide bonds. The average Bonchev–Trinajstić information content (AvgIpc) is 2.60. The van der Waals surface area contributed by atoms with Crippen LogP contribution in [-0.4, -0.2) is 32.5 Å². The van der Waals surface area contributed by atoms with Gasteiger partial charge in [0.15, 0.2) is 0 Å². The van der Waals surface area contributed by atoms with E-state index < -0.39 is 0 Å². The minimum atomic E-state index is -0.365. The fourth-order valence-corrected chi connectivity index (χ4v) is 1.96. The Morgan fingerprint density at radius 3 is 2.46 bits per heavy atom. The van der Waals surface area contributed by atoms with Gasteiger partial charge in [0.25, 0.3) is 5.91 Å². The van der Waals surface area contributed by atoms with Crippen LogP contribution in [0.2, 0.25) is 0 Å². The normalized spacial score (nSPS) is 9.92. The summed E-state index contributed by atoms with van der Waals surface area (Å²) in [7, 11) is 3.79. The van der Waals surface area contributed by atoms with Crippen molar-refractivity contribution in [3.63, 3.8) is 0 Å². The summed E-state index contributed by atoms with van der Waals surface area (Å²) in [5, 5.41) is 0. The van der Waals surface area contributed by atoms with Crippen LogP contribution in [-0.2, 0) is 4.79 Å². The third-order valence-corrected chi connectivity index (χ3v) is 3.28. The van der Waals surface area contributed by atoms with E-state index >= 15 is 0 Å². The predicted molar refractivity (Wildman–Crippen MR) is 92.9 cm³/mol. The molecule has 0 atom stereocenters. The number of hydrazine groups is 1. The van der Waals surface area contributed by atoms with Crippen LogP contribution in [0.3, 0.4) is 0 Å². The zero-order valence-corrected chi connectivity index (χ0v) is 13.8. The number of nitrogens with one attached hydrogen (secondary N) is 2. The van der Waals surface area contributed by atoms with Gasteiger partial charge in [-0.2, -0.15) is 0 Å². The Morgan fingerprint density at radius 1 is 1.00 bits per heavy atom. The molecule has 6 heteroatoms. The molecule has 6 nitrogen and oxygen atoms in total. The molecule has 2 aromatic rings. The van der Waals surface area contributed by atoms with Crippen LogP contribution in [0.25, 0.3) is 0 Å². The number of carbonyl (C=O) groups is 2. The number of ether oxygens (including phenoxy) is 1. The highest BCUT2D eigenvalue weighted by atomic mass is 16.5. The van der Waals surface area contributed by atoms with E-state index in [2.05, 4.69) is 10.9 Å². The van der Waals surface area contributed by atoms with Crippen molar-refractivity contribution >= 4 is 17.5 Å². The lowest BCUT2D eigenvalue weighted by molar-refractivity contribution is -0.122. The van der Waals surface area contributed by atoms with Crippen molar-refractivity contribution in [2.24, 2.45) is 0 Å². The van der Waals surface area contributed by atoms with Crippen LogP contribution in [0.4, 0.5) is 5.69 Å². The highest BCUT2D eigenvalue weighted by molar-refractivity contribution is 5.96. The minimum absolute atomic E-state index is 0.146. The van der Waals surface area contributed by atoms with Gasteiger partial charge in [-0.05, 0) is 30.3 Å². The number of nitrogens with zero attached hydrogens (tertiary/aromatic N) is 1. The van der Waals surface area contributed by atoms with Gasteiger partial charge in [-0.1, -0.05) is 24.3 Å². The quantitative estimate of drug-likeness (QED) is 0.796. The number of amides is 2. The predicted octanol–water partition coefficient (Wildman–Crippen LogP) is 1.98. The van der Waals surface area contributed by atoms with Gasteiger partial charge in [0.05, 0.1) is 13.0 Å². The van der Waals surface area contributed by atoms with E-state index in [1.807, 2.05) is 55.4 Å². The molecule has 0 saturated heterocycles. The number of hydrogen-bond acceptors (Lipinski definition) is 4. The third kappa shape index (κ3) is 5.31. The Hall–Kier alpha value is -3.02. The molecule has 0 aliphatic heterocycles.